The van der Waals surface area contributed by atoms with Crippen molar-refractivity contribution in [3.63, 3.8) is 0 Å². The molecule has 0 amide bonds. The number of nitriles is 1. The number of allylic oxidation sites excluding steroid dienone is 2. The molecule has 2 rings (SSSR count). The van der Waals surface area contributed by atoms with E-state index in [1.165, 1.54) is 12.1 Å². The molecule has 1 aliphatic rings. The van der Waals surface area contributed by atoms with Crippen LogP contribution < -0.4 is 5.73 Å². The minimum atomic E-state index is -0.756. The molecule has 0 spiro atoms. The summed E-state index contributed by atoms with van der Waals surface area (Å²) in [6, 6.07) is 8.17. The summed E-state index contributed by atoms with van der Waals surface area (Å²) in [6.07, 6.45) is 0.400. The van der Waals surface area contributed by atoms with Gasteiger partial charge in [0.1, 0.15) is 0 Å². The zero-order valence-electron chi connectivity index (χ0n) is 15.7. The Morgan fingerprint density at radius 2 is 2.21 bits per heavy atom. The molecule has 0 aromatic heterocycles. The number of nitro benzene ring substituents is 1. The molecule has 0 aliphatic carbocycles. The number of hydrogen-bond donors (Lipinski definition) is 1. The number of esters is 1. The molecule has 1 unspecified atom stereocenters. The number of ether oxygens (including phenoxy) is 1. The van der Waals surface area contributed by atoms with Crippen LogP contribution in [0, 0.1) is 21.4 Å². The maximum absolute atomic E-state index is 12.9. The molecule has 1 aliphatic heterocycles. The van der Waals surface area contributed by atoms with Crippen molar-refractivity contribution in [3.8, 4) is 6.07 Å². The Morgan fingerprint density at radius 1 is 1.50 bits per heavy atom. The van der Waals surface area contributed by atoms with Crippen molar-refractivity contribution in [2.75, 3.05) is 18.6 Å². The molecule has 0 fully saturated rings. The van der Waals surface area contributed by atoms with E-state index in [2.05, 4.69) is 22.1 Å². The van der Waals surface area contributed by atoms with Gasteiger partial charge < -0.3 is 0 Å². The van der Waals surface area contributed by atoms with Crippen molar-refractivity contribution in [1.29, 1.82) is 5.26 Å². The van der Waals surface area contributed by atoms with Gasteiger partial charge in [-0.1, -0.05) is 0 Å². The summed E-state index contributed by atoms with van der Waals surface area (Å²) in [5.74, 6) is -1.31. The van der Waals surface area contributed by atoms with E-state index in [9.17, 15) is 20.2 Å². The predicted molar refractivity (Wildman–Crippen MR) is 104 cm³/mol. The fraction of sp³-hybridized carbons (Fsp3) is 0.368. The second-order valence-corrected chi connectivity index (χ2v) is 6.61. The monoisotopic (exact) mass is 449 g/mol. The van der Waals surface area contributed by atoms with Crippen LogP contribution in [0.5, 0.6) is 0 Å². The Morgan fingerprint density at radius 3 is 2.75 bits per heavy atom. The normalized spacial score (nSPS) is 16.8. The minimum absolute atomic E-state index is 0.109. The van der Waals surface area contributed by atoms with Crippen molar-refractivity contribution in [3.05, 3.63) is 62.5 Å². The molecule has 1 heterocycles. The number of carbonyl (C=O) groups excluding carboxylic acids is 1. The summed E-state index contributed by atoms with van der Waals surface area (Å²) in [6.45, 7) is 3.96. The van der Waals surface area contributed by atoms with Crippen LogP contribution in [0.25, 0.3) is 0 Å². The molecule has 28 heavy (non-hydrogen) atoms. The third-order valence-electron chi connectivity index (χ3n) is 4.55. The van der Waals surface area contributed by atoms with E-state index in [4.69, 9.17) is 10.5 Å². The maximum atomic E-state index is 12.9. The van der Waals surface area contributed by atoms with Gasteiger partial charge in [0.05, 0.1) is 0 Å². The van der Waals surface area contributed by atoms with E-state index >= 15 is 0 Å². The number of hydrogen-bond acceptors (Lipinski definition) is 7. The number of nitrogens with two attached hydrogens (primary N) is 1. The standard InChI is InChI=1S/C19H21N4O4Se/c1-3-27-19(24)18-16(7-8-20)22(11-28)12(2)15(10-21)17(18)13-5-4-6-14(9-13)23(25)26/h4-6,9,17H,3,7-8,11,20H2,1-2H3. The molecular weight excluding hydrogens is 427 g/mol. The molecule has 1 atom stereocenters. The average molecular weight is 448 g/mol. The number of carbonyl (C=O) groups is 1. The Hall–Kier alpha value is -2.66. The second kappa shape index (κ2) is 9.51. The molecule has 0 bridgehead atoms. The van der Waals surface area contributed by atoms with Crippen molar-refractivity contribution in [2.45, 2.75) is 26.2 Å². The summed E-state index contributed by atoms with van der Waals surface area (Å²) >= 11 is 2.91. The van der Waals surface area contributed by atoms with Gasteiger partial charge in [0, 0.05) is 0 Å². The van der Waals surface area contributed by atoms with Gasteiger partial charge in [-0.15, -0.1) is 0 Å². The van der Waals surface area contributed by atoms with Crippen LogP contribution in [0.4, 0.5) is 5.69 Å². The van der Waals surface area contributed by atoms with Crippen LogP contribution in [0.1, 0.15) is 31.7 Å². The zero-order chi connectivity index (χ0) is 20.8. The quantitative estimate of drug-likeness (QED) is 0.293. The Bertz CT molecular complexity index is 888. The zero-order valence-corrected chi connectivity index (χ0v) is 17.4. The van der Waals surface area contributed by atoms with Gasteiger partial charge in [-0.05, 0) is 0 Å². The van der Waals surface area contributed by atoms with Gasteiger partial charge in [-0.2, -0.15) is 0 Å². The second-order valence-electron chi connectivity index (χ2n) is 6.07. The number of benzene rings is 1. The first-order valence-electron chi connectivity index (χ1n) is 8.72. The van der Waals surface area contributed by atoms with Crippen LogP contribution in [0.3, 0.4) is 0 Å². The molecule has 147 valence electrons. The Labute approximate surface area is 171 Å². The van der Waals surface area contributed by atoms with Gasteiger partial charge >= 0.3 is 171 Å². The molecular formula is C19H21N4O4Se. The fourth-order valence-corrected chi connectivity index (χ4v) is 4.07. The summed E-state index contributed by atoms with van der Waals surface area (Å²) in [4.78, 5) is 25.5. The summed E-state index contributed by atoms with van der Waals surface area (Å²) < 4.78 is 5.27. The summed E-state index contributed by atoms with van der Waals surface area (Å²) in [7, 11) is 0. The molecule has 9 heteroatoms. The number of non-ortho nitro benzene ring substituents is 1. The number of rotatable bonds is 7. The summed E-state index contributed by atoms with van der Waals surface area (Å²) in [5, 5.41) is 21.1. The topological polar surface area (TPSA) is 122 Å². The van der Waals surface area contributed by atoms with Crippen LogP contribution in [0.15, 0.2) is 46.8 Å². The first-order chi connectivity index (χ1) is 13.4. The van der Waals surface area contributed by atoms with Crippen molar-refractivity contribution in [2.24, 2.45) is 5.73 Å². The van der Waals surface area contributed by atoms with Crippen molar-refractivity contribution < 1.29 is 14.5 Å². The van der Waals surface area contributed by atoms with Gasteiger partial charge in [0.15, 0.2) is 0 Å². The van der Waals surface area contributed by atoms with Gasteiger partial charge in [0.25, 0.3) is 0 Å². The average Bonchev–Trinajstić information content (AvgIpc) is 2.68. The van der Waals surface area contributed by atoms with Crippen LogP contribution in [-0.2, 0) is 9.53 Å². The van der Waals surface area contributed by atoms with Gasteiger partial charge in [-0.25, -0.2) is 0 Å². The first-order valence-corrected chi connectivity index (χ1v) is 9.93. The van der Waals surface area contributed by atoms with Crippen molar-refractivity contribution in [1.82, 2.24) is 4.90 Å². The SMILES string of the molecule is CCOC(=O)C1=C(CCN)N(C[Se])C(C)=C(C#N)C1c1cccc([N+](=O)[O-])c1. The van der Waals surface area contributed by atoms with Gasteiger partial charge in [-0.3, -0.25) is 0 Å². The summed E-state index contributed by atoms with van der Waals surface area (Å²) in [5.41, 5.74) is 8.56. The third kappa shape index (κ3) is 4.09. The van der Waals surface area contributed by atoms with Crippen molar-refractivity contribution >= 4 is 27.7 Å². The molecule has 8 nitrogen and oxygen atoms in total. The Balaban J connectivity index is 2.80. The number of nitro groups is 1. The van der Waals surface area contributed by atoms with E-state index in [0.717, 1.165) is 0 Å². The van der Waals surface area contributed by atoms with Crippen LogP contribution >= 0.6 is 0 Å². The predicted octanol–water partition coefficient (Wildman–Crippen LogP) is 2.08. The van der Waals surface area contributed by atoms with E-state index in [0.29, 0.717) is 46.5 Å². The number of nitrogens with zero attached hydrogens (tertiary/aromatic N) is 3. The molecule has 1 radical (unpaired) electrons. The molecule has 1 aromatic rings. The van der Waals surface area contributed by atoms with E-state index in [1.54, 1.807) is 26.0 Å². The fourth-order valence-electron chi connectivity index (χ4n) is 3.34. The van der Waals surface area contributed by atoms with Crippen LogP contribution in [0.2, 0.25) is 0 Å². The first kappa shape index (κ1) is 21.6. The van der Waals surface area contributed by atoms with Crippen LogP contribution in [-0.4, -0.2) is 50.4 Å². The molecule has 0 saturated heterocycles. The van der Waals surface area contributed by atoms with E-state index in [-0.39, 0.29) is 12.3 Å². The molecule has 1 aromatic carbocycles. The third-order valence-corrected chi connectivity index (χ3v) is 5.09. The van der Waals surface area contributed by atoms with Gasteiger partial charge in [0.2, 0.25) is 0 Å². The Kier molecular flexibility index (Phi) is 7.35. The molecule has 2 N–H and O–H groups in total. The molecule has 0 saturated carbocycles. The van der Waals surface area contributed by atoms with E-state index in [1.807, 2.05) is 4.90 Å². The van der Waals surface area contributed by atoms with E-state index < -0.39 is 16.8 Å².